The Labute approximate surface area is 205 Å². The van der Waals surface area contributed by atoms with Crippen molar-refractivity contribution in [2.24, 2.45) is 0 Å². The molecule has 0 unspecified atom stereocenters. The first-order valence-electron chi connectivity index (χ1n) is 11.2. The van der Waals surface area contributed by atoms with E-state index in [1.54, 1.807) is 37.8 Å². The van der Waals surface area contributed by atoms with Crippen LogP contribution in [0.4, 0.5) is 20.7 Å². The third kappa shape index (κ3) is 4.30. The van der Waals surface area contributed by atoms with Crippen LogP contribution in [0.1, 0.15) is 34.9 Å². The topological polar surface area (TPSA) is 111 Å². The first-order chi connectivity index (χ1) is 17.4. The minimum atomic E-state index is -0.615. The van der Waals surface area contributed by atoms with Crippen LogP contribution in [0.3, 0.4) is 0 Å². The summed E-state index contributed by atoms with van der Waals surface area (Å²) in [4.78, 5) is 39.8. The number of aromatic nitrogens is 4. The summed E-state index contributed by atoms with van der Waals surface area (Å²) in [7, 11) is 4.24. The minimum absolute atomic E-state index is 0.0452. The molecule has 1 aliphatic rings. The maximum Gasteiger partial charge on any atom is 0.412 e. The van der Waals surface area contributed by atoms with Gasteiger partial charge in [-0.1, -0.05) is 0 Å². The lowest BCUT2D eigenvalue weighted by Crippen LogP contribution is -2.28. The van der Waals surface area contributed by atoms with Gasteiger partial charge in [0.2, 0.25) is 0 Å². The van der Waals surface area contributed by atoms with E-state index in [2.05, 4.69) is 25.0 Å². The molecule has 3 aromatic heterocycles. The Balaban J connectivity index is 1.53. The molecule has 0 atom stereocenters. The van der Waals surface area contributed by atoms with Crippen molar-refractivity contribution in [3.8, 4) is 17.0 Å². The van der Waals surface area contributed by atoms with Crippen molar-refractivity contribution in [2.45, 2.75) is 18.8 Å². The SMILES string of the molecule is COC(=O)Nc1ccc(-c2cnc3c(C4CC4)nc(C(=O)N(C)c4ccc(F)c(OC)c4)cn23)cn1. The van der Waals surface area contributed by atoms with Crippen LogP contribution >= 0.6 is 0 Å². The molecule has 4 aromatic rings. The summed E-state index contributed by atoms with van der Waals surface area (Å²) in [5, 5.41) is 2.51. The van der Waals surface area contributed by atoms with E-state index in [0.29, 0.717) is 22.8 Å². The molecule has 0 bridgehead atoms. The molecular weight excluding hydrogens is 467 g/mol. The Morgan fingerprint density at radius 3 is 2.61 bits per heavy atom. The number of hydrogen-bond donors (Lipinski definition) is 1. The molecule has 1 aliphatic carbocycles. The summed E-state index contributed by atoms with van der Waals surface area (Å²) in [6.45, 7) is 0. The van der Waals surface area contributed by atoms with Gasteiger partial charge < -0.3 is 14.4 Å². The molecular formula is C25H23FN6O4. The van der Waals surface area contributed by atoms with Crippen LogP contribution in [0, 0.1) is 5.82 Å². The summed E-state index contributed by atoms with van der Waals surface area (Å²) in [6.07, 6.45) is 6.28. The molecule has 184 valence electrons. The molecule has 11 heteroatoms. The molecule has 1 aromatic carbocycles. The second-order valence-corrected chi connectivity index (χ2v) is 8.35. The molecule has 1 fully saturated rings. The lowest BCUT2D eigenvalue weighted by Gasteiger charge is -2.18. The maximum atomic E-state index is 13.9. The van der Waals surface area contributed by atoms with E-state index in [-0.39, 0.29) is 23.3 Å². The van der Waals surface area contributed by atoms with Gasteiger partial charge in [0.25, 0.3) is 5.91 Å². The van der Waals surface area contributed by atoms with Crippen molar-refractivity contribution in [2.75, 3.05) is 31.5 Å². The third-order valence-corrected chi connectivity index (χ3v) is 6.00. The largest absolute Gasteiger partial charge is 0.494 e. The molecule has 0 spiro atoms. The molecule has 1 saturated carbocycles. The quantitative estimate of drug-likeness (QED) is 0.430. The summed E-state index contributed by atoms with van der Waals surface area (Å²) in [5.41, 5.74) is 3.58. The highest BCUT2D eigenvalue weighted by Gasteiger charge is 2.31. The molecule has 0 radical (unpaired) electrons. The highest BCUT2D eigenvalue weighted by Crippen LogP contribution is 2.41. The highest BCUT2D eigenvalue weighted by molar-refractivity contribution is 6.04. The Morgan fingerprint density at radius 1 is 1.14 bits per heavy atom. The Morgan fingerprint density at radius 2 is 1.94 bits per heavy atom. The molecule has 36 heavy (non-hydrogen) atoms. The number of imidazole rings is 1. The maximum absolute atomic E-state index is 13.9. The van der Waals surface area contributed by atoms with Crippen LogP contribution in [0.25, 0.3) is 16.9 Å². The number of rotatable bonds is 6. The van der Waals surface area contributed by atoms with Gasteiger partial charge in [-0.05, 0) is 37.1 Å². The number of nitrogens with zero attached hydrogens (tertiary/aromatic N) is 5. The number of anilines is 2. The van der Waals surface area contributed by atoms with Crippen molar-refractivity contribution in [1.82, 2.24) is 19.4 Å². The number of carbonyl (C=O) groups is 2. The lowest BCUT2D eigenvalue weighted by atomic mass is 10.2. The summed E-state index contributed by atoms with van der Waals surface area (Å²) in [5.74, 6) is -0.253. The summed E-state index contributed by atoms with van der Waals surface area (Å²) in [6, 6.07) is 7.66. The molecule has 0 aliphatic heterocycles. The number of methoxy groups -OCH3 is 2. The fourth-order valence-corrected chi connectivity index (χ4v) is 3.88. The second kappa shape index (κ2) is 9.25. The van der Waals surface area contributed by atoms with Crippen LogP contribution in [-0.4, -0.2) is 52.6 Å². The van der Waals surface area contributed by atoms with E-state index >= 15 is 0 Å². The van der Waals surface area contributed by atoms with Gasteiger partial charge in [0.05, 0.1) is 31.8 Å². The Hall–Kier alpha value is -4.54. The average Bonchev–Trinajstić information content (AvgIpc) is 3.66. The number of ether oxygens (including phenoxy) is 2. The van der Waals surface area contributed by atoms with Crippen molar-refractivity contribution in [3.05, 3.63) is 66.1 Å². The van der Waals surface area contributed by atoms with Gasteiger partial charge in [0.15, 0.2) is 17.2 Å². The number of carbonyl (C=O) groups excluding carboxylic acids is 2. The predicted octanol–water partition coefficient (Wildman–Crippen LogP) is 4.27. The average molecular weight is 490 g/mol. The molecule has 0 saturated heterocycles. The minimum Gasteiger partial charge on any atom is -0.494 e. The normalized spacial score (nSPS) is 12.9. The van der Waals surface area contributed by atoms with Crippen molar-refractivity contribution >= 4 is 29.2 Å². The lowest BCUT2D eigenvalue weighted by molar-refractivity contribution is 0.0987. The van der Waals surface area contributed by atoms with Gasteiger partial charge in [0, 0.05) is 42.7 Å². The van der Waals surface area contributed by atoms with E-state index in [4.69, 9.17) is 4.74 Å². The summed E-state index contributed by atoms with van der Waals surface area (Å²) < 4.78 is 25.3. The smallest absolute Gasteiger partial charge is 0.412 e. The zero-order chi connectivity index (χ0) is 25.4. The standard InChI is InChI=1S/C25H23FN6O4/c1-31(16-7-8-17(26)20(10-16)35-2)24(33)18-13-32-19(12-28-23(32)22(29-18)14-4-5-14)15-6-9-21(27-11-15)30-25(34)36-3/h6-14H,4-5H2,1-3H3,(H,27,30,34). The van der Waals surface area contributed by atoms with E-state index in [9.17, 15) is 14.0 Å². The predicted molar refractivity (Wildman–Crippen MR) is 130 cm³/mol. The number of pyridine rings is 1. The van der Waals surface area contributed by atoms with Crippen LogP contribution in [0.2, 0.25) is 0 Å². The van der Waals surface area contributed by atoms with Crippen molar-refractivity contribution in [1.29, 1.82) is 0 Å². The first-order valence-corrected chi connectivity index (χ1v) is 11.2. The molecule has 1 N–H and O–H groups in total. The fourth-order valence-electron chi connectivity index (χ4n) is 3.88. The van der Waals surface area contributed by atoms with E-state index in [1.165, 1.54) is 37.3 Å². The van der Waals surface area contributed by atoms with Crippen LogP contribution in [0.5, 0.6) is 5.75 Å². The van der Waals surface area contributed by atoms with Crippen LogP contribution in [-0.2, 0) is 4.74 Å². The van der Waals surface area contributed by atoms with Crippen molar-refractivity contribution in [3.63, 3.8) is 0 Å². The van der Waals surface area contributed by atoms with Gasteiger partial charge in [0.1, 0.15) is 11.5 Å². The molecule has 10 nitrogen and oxygen atoms in total. The van der Waals surface area contributed by atoms with Gasteiger partial charge in [-0.3, -0.25) is 14.5 Å². The number of halogens is 1. The zero-order valence-electron chi connectivity index (χ0n) is 19.9. The van der Waals surface area contributed by atoms with E-state index in [1.807, 2.05) is 4.40 Å². The number of nitrogens with one attached hydrogen (secondary N) is 1. The van der Waals surface area contributed by atoms with Crippen molar-refractivity contribution < 1.29 is 23.5 Å². The number of amides is 2. The van der Waals surface area contributed by atoms with E-state index in [0.717, 1.165) is 24.1 Å². The highest BCUT2D eigenvalue weighted by atomic mass is 19.1. The van der Waals surface area contributed by atoms with Gasteiger partial charge in [-0.15, -0.1) is 0 Å². The van der Waals surface area contributed by atoms with Gasteiger partial charge >= 0.3 is 6.09 Å². The number of benzene rings is 1. The van der Waals surface area contributed by atoms with Crippen LogP contribution in [0.15, 0.2) is 48.9 Å². The second-order valence-electron chi connectivity index (χ2n) is 8.35. The summed E-state index contributed by atoms with van der Waals surface area (Å²) >= 11 is 0. The Bertz CT molecular complexity index is 1470. The Kier molecular flexibility index (Phi) is 5.96. The zero-order valence-corrected chi connectivity index (χ0v) is 19.9. The number of fused-ring (bicyclic) bond motifs is 1. The third-order valence-electron chi connectivity index (χ3n) is 6.00. The van der Waals surface area contributed by atoms with E-state index < -0.39 is 11.9 Å². The van der Waals surface area contributed by atoms with Crippen LogP contribution < -0.4 is 15.0 Å². The fraction of sp³-hybridized carbons (Fsp3) is 0.240. The molecule has 3 heterocycles. The monoisotopic (exact) mass is 490 g/mol. The van der Waals surface area contributed by atoms with Gasteiger partial charge in [-0.25, -0.2) is 24.1 Å². The van der Waals surface area contributed by atoms with Gasteiger partial charge in [-0.2, -0.15) is 0 Å². The first kappa shape index (κ1) is 23.2. The molecule has 2 amide bonds. The number of hydrogen-bond acceptors (Lipinski definition) is 7. The molecule has 5 rings (SSSR count).